The minimum atomic E-state index is -1.83. The molecule has 0 saturated heterocycles. The van der Waals surface area contributed by atoms with E-state index < -0.39 is 17.4 Å². The third-order valence-electron chi connectivity index (χ3n) is 4.56. The number of carbonyl (C=O) groups is 1. The molecule has 1 heterocycles. The summed E-state index contributed by atoms with van der Waals surface area (Å²) in [5.41, 5.74) is 1.81. The van der Waals surface area contributed by atoms with Gasteiger partial charge in [-0.15, -0.1) is 0 Å². The molecule has 2 rings (SSSR count). The van der Waals surface area contributed by atoms with Crippen LogP contribution >= 0.6 is 0 Å². The first-order valence-corrected chi connectivity index (χ1v) is 9.38. The molecule has 5 heteroatoms. The molecule has 1 aliphatic heterocycles. The lowest BCUT2D eigenvalue weighted by molar-refractivity contribution is -0.301. The highest BCUT2D eigenvalue weighted by molar-refractivity contribution is 5.94. The zero-order valence-electron chi connectivity index (χ0n) is 16.9. The minimum absolute atomic E-state index is 0.0164. The largest absolute Gasteiger partial charge is 0.542 e. The van der Waals surface area contributed by atoms with Gasteiger partial charge in [-0.1, -0.05) is 27.2 Å². The summed E-state index contributed by atoms with van der Waals surface area (Å²) in [7, 11) is 0. The van der Waals surface area contributed by atoms with Crippen molar-refractivity contribution in [2.24, 2.45) is 5.92 Å². The molecule has 27 heavy (non-hydrogen) atoms. The summed E-state index contributed by atoms with van der Waals surface area (Å²) in [6.45, 7) is 12.0. The van der Waals surface area contributed by atoms with Gasteiger partial charge in [0, 0.05) is 17.2 Å². The fraction of sp³-hybridized carbons (Fsp3) is 0.500. The molecule has 0 bridgehead atoms. The Balaban J connectivity index is 2.67. The molecule has 0 radical (unpaired) electrons. The first-order valence-electron chi connectivity index (χ1n) is 9.38. The maximum absolute atomic E-state index is 14.1. The van der Waals surface area contributed by atoms with Crippen molar-refractivity contribution >= 4 is 17.1 Å². The van der Waals surface area contributed by atoms with Crippen molar-refractivity contribution in [3.05, 3.63) is 35.2 Å². The highest BCUT2D eigenvalue weighted by Crippen LogP contribution is 2.44. The molecule has 0 N–H and O–H groups in total. The highest BCUT2D eigenvalue weighted by Gasteiger charge is 2.29. The van der Waals surface area contributed by atoms with E-state index in [0.717, 1.165) is 24.0 Å². The van der Waals surface area contributed by atoms with E-state index in [9.17, 15) is 14.3 Å². The Morgan fingerprint density at radius 3 is 2.56 bits per heavy atom. The maximum Gasteiger partial charge on any atom is 0.149 e. The van der Waals surface area contributed by atoms with Gasteiger partial charge in [0.1, 0.15) is 28.9 Å². The summed E-state index contributed by atoms with van der Waals surface area (Å²) >= 11 is 0. The van der Waals surface area contributed by atoms with Crippen molar-refractivity contribution in [2.75, 3.05) is 6.61 Å². The third kappa shape index (κ3) is 4.71. The average molecular weight is 375 g/mol. The van der Waals surface area contributed by atoms with Gasteiger partial charge in [0.25, 0.3) is 0 Å². The van der Waals surface area contributed by atoms with Gasteiger partial charge < -0.3 is 19.4 Å². The molecule has 0 unspecified atom stereocenters. The van der Waals surface area contributed by atoms with Crippen LogP contribution < -0.4 is 14.6 Å². The Morgan fingerprint density at radius 1 is 1.33 bits per heavy atom. The monoisotopic (exact) mass is 375 g/mol. The number of carbonyl (C=O) groups excluding carboxylic acids is 1. The van der Waals surface area contributed by atoms with Gasteiger partial charge in [-0.25, -0.2) is 4.39 Å². The van der Waals surface area contributed by atoms with E-state index in [1.807, 2.05) is 20.8 Å². The zero-order valence-corrected chi connectivity index (χ0v) is 16.9. The Bertz CT molecular complexity index is 788. The van der Waals surface area contributed by atoms with E-state index in [4.69, 9.17) is 9.47 Å². The Morgan fingerprint density at radius 2 is 2.00 bits per heavy atom. The number of hydrogen-bond acceptors (Lipinski definition) is 4. The SMILES string of the molecule is CCCCOc1cc2c(cc1/C(C)=C(/F)C(=O)[O-])C(C(C)C)=CC(C)(C)O2. The Kier molecular flexibility index (Phi) is 6.34. The lowest BCUT2D eigenvalue weighted by Crippen LogP contribution is -2.30. The van der Waals surface area contributed by atoms with Crippen molar-refractivity contribution in [3.8, 4) is 11.5 Å². The fourth-order valence-corrected chi connectivity index (χ4v) is 3.12. The summed E-state index contributed by atoms with van der Waals surface area (Å²) in [4.78, 5) is 11.0. The summed E-state index contributed by atoms with van der Waals surface area (Å²) < 4.78 is 26.0. The van der Waals surface area contributed by atoms with E-state index in [2.05, 4.69) is 19.9 Å². The number of aliphatic carboxylic acids is 1. The molecular formula is C22H28FO4-. The minimum Gasteiger partial charge on any atom is -0.542 e. The quantitative estimate of drug-likeness (QED) is 0.519. The number of fused-ring (bicyclic) bond motifs is 1. The molecule has 148 valence electrons. The van der Waals surface area contributed by atoms with Crippen molar-refractivity contribution in [1.82, 2.24) is 0 Å². The molecule has 1 aliphatic rings. The number of unbranched alkanes of at least 4 members (excludes halogenated alkanes) is 1. The Labute approximate surface area is 160 Å². The molecule has 0 fully saturated rings. The molecule has 4 nitrogen and oxygen atoms in total. The first-order chi connectivity index (χ1) is 12.6. The van der Waals surface area contributed by atoms with E-state index in [0.29, 0.717) is 23.7 Å². The molecular weight excluding hydrogens is 347 g/mol. The van der Waals surface area contributed by atoms with Crippen LogP contribution in [0.2, 0.25) is 0 Å². The molecule has 0 saturated carbocycles. The van der Waals surface area contributed by atoms with Gasteiger partial charge in [0.05, 0.1) is 6.61 Å². The molecule has 0 aromatic heterocycles. The van der Waals surface area contributed by atoms with Gasteiger partial charge in [-0.2, -0.15) is 0 Å². The molecule has 1 aromatic carbocycles. The van der Waals surface area contributed by atoms with Crippen LogP contribution in [-0.4, -0.2) is 18.2 Å². The molecule has 0 atom stereocenters. The van der Waals surface area contributed by atoms with Crippen LogP contribution in [0.5, 0.6) is 11.5 Å². The number of benzene rings is 1. The number of ether oxygens (including phenoxy) is 2. The predicted octanol–water partition coefficient (Wildman–Crippen LogP) is 4.53. The summed E-state index contributed by atoms with van der Waals surface area (Å²) in [6, 6.07) is 3.50. The molecule has 0 amide bonds. The lowest BCUT2D eigenvalue weighted by atomic mass is 9.86. The van der Waals surface area contributed by atoms with Crippen molar-refractivity contribution < 1.29 is 23.8 Å². The average Bonchev–Trinajstić information content (AvgIpc) is 2.58. The van der Waals surface area contributed by atoms with Gasteiger partial charge in [-0.05, 0) is 56.4 Å². The number of hydrogen-bond donors (Lipinski definition) is 0. The van der Waals surface area contributed by atoms with Gasteiger partial charge in [0.2, 0.25) is 0 Å². The highest BCUT2D eigenvalue weighted by atomic mass is 19.1. The first kappa shape index (κ1) is 21.0. The topological polar surface area (TPSA) is 58.6 Å². The van der Waals surface area contributed by atoms with E-state index in [-0.39, 0.29) is 11.5 Å². The number of carboxylic acids is 1. The third-order valence-corrected chi connectivity index (χ3v) is 4.56. The molecule has 0 aliphatic carbocycles. The lowest BCUT2D eigenvalue weighted by Gasteiger charge is -2.33. The zero-order chi connectivity index (χ0) is 20.4. The van der Waals surface area contributed by atoms with Gasteiger partial charge in [-0.3, -0.25) is 0 Å². The number of carboxylic acid groups (broad SMARTS) is 1. The number of allylic oxidation sites excluding steroid dienone is 2. The van der Waals surface area contributed by atoms with E-state index in [1.54, 1.807) is 12.1 Å². The maximum atomic E-state index is 14.1. The summed E-state index contributed by atoms with van der Waals surface area (Å²) in [6.07, 6.45) is 3.84. The van der Waals surface area contributed by atoms with Gasteiger partial charge in [0.15, 0.2) is 0 Å². The van der Waals surface area contributed by atoms with Crippen molar-refractivity contribution in [3.63, 3.8) is 0 Å². The second-order valence-electron chi connectivity index (χ2n) is 7.73. The summed E-state index contributed by atoms with van der Waals surface area (Å²) in [5.74, 6) is -1.83. The van der Waals surface area contributed by atoms with Crippen LogP contribution in [0.25, 0.3) is 11.1 Å². The second kappa shape index (κ2) is 8.15. The van der Waals surface area contributed by atoms with E-state index in [1.165, 1.54) is 6.92 Å². The smallest absolute Gasteiger partial charge is 0.149 e. The standard InChI is InChI=1S/C22H29FO4/c1-7-8-9-26-18-11-19-16(10-15(18)14(4)20(23)21(24)25)17(13(2)3)12-22(5,6)27-19/h10-13H,7-9H2,1-6H3,(H,24,25)/p-1/b20-14+. The molecule has 0 spiro atoms. The Hall–Kier alpha value is -2.30. The normalized spacial score (nSPS) is 16.2. The number of halogens is 1. The van der Waals surface area contributed by atoms with Crippen molar-refractivity contribution in [2.45, 2.75) is 60.0 Å². The second-order valence-corrected chi connectivity index (χ2v) is 7.73. The van der Waals surface area contributed by atoms with Crippen molar-refractivity contribution in [1.29, 1.82) is 0 Å². The van der Waals surface area contributed by atoms with Crippen LogP contribution in [0, 0.1) is 5.92 Å². The molecule has 1 aromatic rings. The van der Waals surface area contributed by atoms with Crippen LogP contribution in [0.3, 0.4) is 0 Å². The predicted molar refractivity (Wildman–Crippen MR) is 103 cm³/mol. The van der Waals surface area contributed by atoms with Crippen LogP contribution in [0.1, 0.15) is 65.5 Å². The van der Waals surface area contributed by atoms with Gasteiger partial charge >= 0.3 is 0 Å². The van der Waals surface area contributed by atoms with Crippen LogP contribution in [0.15, 0.2) is 24.0 Å². The van der Waals surface area contributed by atoms with E-state index >= 15 is 0 Å². The fourth-order valence-electron chi connectivity index (χ4n) is 3.12. The number of rotatable bonds is 7. The van der Waals surface area contributed by atoms with Crippen LogP contribution in [-0.2, 0) is 4.79 Å². The summed E-state index contributed by atoms with van der Waals surface area (Å²) in [5, 5.41) is 11.0. The van der Waals surface area contributed by atoms with Crippen LogP contribution in [0.4, 0.5) is 4.39 Å².